The van der Waals surface area contributed by atoms with Crippen molar-refractivity contribution in [1.29, 1.82) is 0 Å². The van der Waals surface area contributed by atoms with Gasteiger partial charge in [0.25, 0.3) is 0 Å². The third kappa shape index (κ3) is 4.37. The molecule has 1 aliphatic rings. The maximum Gasteiger partial charge on any atom is 0.242 e. The Bertz CT molecular complexity index is 1010. The Morgan fingerprint density at radius 1 is 1.14 bits per heavy atom. The molecular formula is C19H20BrN5O4. The Labute approximate surface area is 176 Å². The molecule has 10 heteroatoms. The van der Waals surface area contributed by atoms with Crippen molar-refractivity contribution in [2.24, 2.45) is 7.05 Å². The van der Waals surface area contributed by atoms with E-state index in [0.717, 1.165) is 27.1 Å². The highest BCUT2D eigenvalue weighted by Crippen LogP contribution is 2.38. The monoisotopic (exact) mass is 461 g/mol. The van der Waals surface area contributed by atoms with Crippen LogP contribution >= 0.6 is 15.9 Å². The van der Waals surface area contributed by atoms with E-state index in [9.17, 15) is 0 Å². The van der Waals surface area contributed by atoms with Gasteiger partial charge in [-0.15, -0.1) is 0 Å². The van der Waals surface area contributed by atoms with Crippen molar-refractivity contribution in [3.63, 3.8) is 0 Å². The average Bonchev–Trinajstić information content (AvgIpc) is 3.15. The fourth-order valence-electron chi connectivity index (χ4n) is 2.91. The highest BCUT2D eigenvalue weighted by atomic mass is 79.9. The molecule has 0 fully saturated rings. The van der Waals surface area contributed by atoms with Crippen LogP contribution in [0.2, 0.25) is 0 Å². The summed E-state index contributed by atoms with van der Waals surface area (Å²) >= 11 is 3.58. The summed E-state index contributed by atoms with van der Waals surface area (Å²) < 4.78 is 25.1. The molecule has 1 N–H and O–H groups in total. The van der Waals surface area contributed by atoms with E-state index in [4.69, 9.17) is 18.9 Å². The summed E-state index contributed by atoms with van der Waals surface area (Å²) in [4.78, 5) is 0. The zero-order valence-corrected chi connectivity index (χ0v) is 17.6. The number of tetrazole rings is 1. The molecule has 0 spiro atoms. The van der Waals surface area contributed by atoms with E-state index in [1.54, 1.807) is 18.8 Å². The van der Waals surface area contributed by atoms with E-state index in [-0.39, 0.29) is 0 Å². The molecule has 0 saturated heterocycles. The number of methoxy groups -OCH3 is 1. The van der Waals surface area contributed by atoms with Gasteiger partial charge in [0.05, 0.1) is 11.6 Å². The number of rotatable bonds is 7. The lowest BCUT2D eigenvalue weighted by Crippen LogP contribution is -2.15. The average molecular weight is 462 g/mol. The largest absolute Gasteiger partial charge is 0.493 e. The number of hydrogen-bond donors (Lipinski definition) is 1. The van der Waals surface area contributed by atoms with Gasteiger partial charge in [-0.05, 0) is 61.7 Å². The molecule has 0 unspecified atom stereocenters. The summed E-state index contributed by atoms with van der Waals surface area (Å²) in [6.45, 7) is 2.03. The Kier molecular flexibility index (Phi) is 5.70. The summed E-state index contributed by atoms with van der Waals surface area (Å²) in [5.41, 5.74) is 1.96. The standard InChI is InChI=1S/C19H20BrN5O4/c1-25-19(22-23-24-25)21-10-13-7-14(20)18(17(9-13)26-2)29-11-12-3-4-15-16(8-12)28-6-5-27-15/h3-4,7-9H,5-6,10-11H2,1-2H3,(H,21,22,24). The van der Waals surface area contributed by atoms with Gasteiger partial charge in [0.1, 0.15) is 19.8 Å². The van der Waals surface area contributed by atoms with E-state index in [1.165, 1.54) is 0 Å². The van der Waals surface area contributed by atoms with Gasteiger partial charge in [-0.2, -0.15) is 0 Å². The van der Waals surface area contributed by atoms with Crippen molar-refractivity contribution in [1.82, 2.24) is 20.2 Å². The van der Waals surface area contributed by atoms with Gasteiger partial charge in [-0.3, -0.25) is 0 Å². The number of anilines is 1. The predicted octanol–water partition coefficient (Wildman–Crippen LogP) is 2.94. The van der Waals surface area contributed by atoms with E-state index in [2.05, 4.69) is 36.8 Å². The lowest BCUT2D eigenvalue weighted by molar-refractivity contribution is 0.171. The molecule has 0 amide bonds. The van der Waals surface area contributed by atoms with Gasteiger partial charge in [-0.25, -0.2) is 4.68 Å². The summed E-state index contributed by atoms with van der Waals surface area (Å²) in [6, 6.07) is 9.68. The first-order valence-corrected chi connectivity index (χ1v) is 9.77. The van der Waals surface area contributed by atoms with Crippen molar-refractivity contribution < 1.29 is 18.9 Å². The Balaban J connectivity index is 1.46. The maximum atomic E-state index is 6.04. The number of aromatic nitrogens is 4. The molecule has 9 nitrogen and oxygen atoms in total. The molecule has 1 aliphatic heterocycles. The van der Waals surface area contributed by atoms with Crippen molar-refractivity contribution >= 4 is 21.9 Å². The molecule has 0 bridgehead atoms. The van der Waals surface area contributed by atoms with Gasteiger partial charge < -0.3 is 24.3 Å². The number of fused-ring (bicyclic) bond motifs is 1. The normalized spacial score (nSPS) is 12.5. The summed E-state index contributed by atoms with van der Waals surface area (Å²) in [6.07, 6.45) is 0. The Hall–Kier alpha value is -3.01. The summed E-state index contributed by atoms with van der Waals surface area (Å²) in [5, 5.41) is 14.5. The number of benzene rings is 2. The fourth-order valence-corrected chi connectivity index (χ4v) is 3.51. The molecule has 0 aliphatic carbocycles. The van der Waals surface area contributed by atoms with Crippen LogP contribution in [0.5, 0.6) is 23.0 Å². The van der Waals surface area contributed by atoms with Crippen molar-refractivity contribution in [3.8, 4) is 23.0 Å². The molecule has 0 atom stereocenters. The molecule has 1 aromatic heterocycles. The van der Waals surface area contributed by atoms with Crippen LogP contribution in [0.1, 0.15) is 11.1 Å². The molecule has 3 aromatic rings. The van der Waals surface area contributed by atoms with Gasteiger partial charge in [0.15, 0.2) is 23.0 Å². The van der Waals surface area contributed by atoms with Gasteiger partial charge in [0, 0.05) is 13.6 Å². The number of hydrogen-bond acceptors (Lipinski definition) is 8. The predicted molar refractivity (Wildman–Crippen MR) is 109 cm³/mol. The highest BCUT2D eigenvalue weighted by molar-refractivity contribution is 9.10. The van der Waals surface area contributed by atoms with Crippen molar-refractivity contribution in [3.05, 3.63) is 45.9 Å². The molecule has 0 radical (unpaired) electrons. The van der Waals surface area contributed by atoms with Gasteiger partial charge in [-0.1, -0.05) is 11.2 Å². The second-order valence-electron chi connectivity index (χ2n) is 6.36. The van der Waals surface area contributed by atoms with Crippen LogP contribution in [0, 0.1) is 0 Å². The molecule has 4 rings (SSSR count). The van der Waals surface area contributed by atoms with Crippen molar-refractivity contribution in [2.45, 2.75) is 13.2 Å². The molecule has 0 saturated carbocycles. The molecule has 2 heterocycles. The van der Waals surface area contributed by atoms with E-state index in [0.29, 0.717) is 43.8 Å². The van der Waals surface area contributed by atoms with Crippen LogP contribution < -0.4 is 24.3 Å². The van der Waals surface area contributed by atoms with Crippen LogP contribution in [0.15, 0.2) is 34.8 Å². The third-order valence-electron chi connectivity index (χ3n) is 4.35. The first-order chi connectivity index (χ1) is 14.1. The zero-order valence-electron chi connectivity index (χ0n) is 16.0. The van der Waals surface area contributed by atoms with Crippen LogP contribution in [-0.4, -0.2) is 40.5 Å². The molecule has 29 heavy (non-hydrogen) atoms. The molecule has 152 valence electrons. The Morgan fingerprint density at radius 3 is 2.72 bits per heavy atom. The first kappa shape index (κ1) is 19.3. The minimum atomic E-state index is 0.369. The lowest BCUT2D eigenvalue weighted by Gasteiger charge is -2.19. The smallest absolute Gasteiger partial charge is 0.242 e. The Morgan fingerprint density at radius 2 is 1.97 bits per heavy atom. The summed E-state index contributed by atoms with van der Waals surface area (Å²) in [7, 11) is 3.39. The second-order valence-corrected chi connectivity index (χ2v) is 7.21. The number of ether oxygens (including phenoxy) is 4. The number of nitrogens with zero attached hydrogens (tertiary/aromatic N) is 4. The minimum Gasteiger partial charge on any atom is -0.493 e. The van der Waals surface area contributed by atoms with Crippen LogP contribution in [-0.2, 0) is 20.2 Å². The lowest BCUT2D eigenvalue weighted by atomic mass is 10.2. The van der Waals surface area contributed by atoms with Crippen LogP contribution in [0.25, 0.3) is 0 Å². The second kappa shape index (κ2) is 8.56. The maximum absolute atomic E-state index is 6.04. The van der Waals surface area contributed by atoms with Crippen molar-refractivity contribution in [2.75, 3.05) is 25.6 Å². The van der Waals surface area contributed by atoms with Gasteiger partial charge >= 0.3 is 0 Å². The minimum absolute atomic E-state index is 0.369. The number of halogens is 1. The quantitative estimate of drug-likeness (QED) is 0.573. The molecular weight excluding hydrogens is 442 g/mol. The van der Waals surface area contributed by atoms with Crippen LogP contribution in [0.3, 0.4) is 0 Å². The summed E-state index contributed by atoms with van der Waals surface area (Å²) in [5.74, 6) is 3.34. The van der Waals surface area contributed by atoms with E-state index >= 15 is 0 Å². The zero-order chi connectivity index (χ0) is 20.2. The fraction of sp³-hybridized carbons (Fsp3) is 0.316. The SMILES string of the molecule is COc1cc(CNc2nnnn2C)cc(Br)c1OCc1ccc2c(c1)OCCO2. The topological polar surface area (TPSA) is 92.6 Å². The molecule has 2 aromatic carbocycles. The number of nitrogens with one attached hydrogen (secondary N) is 1. The number of aryl methyl sites for hydroxylation is 1. The van der Waals surface area contributed by atoms with Gasteiger partial charge in [0.2, 0.25) is 5.95 Å². The third-order valence-corrected chi connectivity index (χ3v) is 4.94. The van der Waals surface area contributed by atoms with Crippen LogP contribution in [0.4, 0.5) is 5.95 Å². The van der Waals surface area contributed by atoms with E-state index < -0.39 is 0 Å². The van der Waals surface area contributed by atoms with E-state index in [1.807, 2.05) is 30.3 Å². The first-order valence-electron chi connectivity index (χ1n) is 8.98. The highest BCUT2D eigenvalue weighted by Gasteiger charge is 2.15.